The zero-order valence-electron chi connectivity index (χ0n) is 9.87. The van der Waals surface area contributed by atoms with Gasteiger partial charge < -0.3 is 14.2 Å². The fraction of sp³-hybridized carbons (Fsp3) is 0.800. The molecule has 0 aromatic carbocycles. The number of hydrogen-bond acceptors (Lipinski definition) is 5. The molecule has 5 nitrogen and oxygen atoms in total. The predicted octanol–water partition coefficient (Wildman–Crippen LogP) is 1.55. The van der Waals surface area contributed by atoms with Crippen LogP contribution in [0.1, 0.15) is 26.7 Å². The summed E-state index contributed by atoms with van der Waals surface area (Å²) in [5.74, 6) is -2.21. The van der Waals surface area contributed by atoms with Gasteiger partial charge in [0, 0.05) is 6.42 Å². The molecule has 1 fully saturated rings. The Morgan fingerprint density at radius 1 is 1.39 bits per heavy atom. The van der Waals surface area contributed by atoms with Crippen molar-refractivity contribution in [2.45, 2.75) is 44.8 Å². The van der Waals surface area contributed by atoms with Crippen LogP contribution in [-0.2, 0) is 23.8 Å². The molecular formula is C10H13F3O5. The zero-order valence-corrected chi connectivity index (χ0v) is 9.87. The molecule has 0 radical (unpaired) electrons. The van der Waals surface area contributed by atoms with Crippen molar-refractivity contribution in [3.63, 3.8) is 0 Å². The molecule has 0 N–H and O–H groups in total. The second kappa shape index (κ2) is 5.13. The Balaban J connectivity index is 2.70. The lowest BCUT2D eigenvalue weighted by molar-refractivity contribution is -0.379. The van der Waals surface area contributed by atoms with Gasteiger partial charge in [0.05, 0.1) is 13.0 Å². The summed E-state index contributed by atoms with van der Waals surface area (Å²) in [5.41, 5.74) is -3.01. The average molecular weight is 270 g/mol. The van der Waals surface area contributed by atoms with Crippen molar-refractivity contribution >= 4 is 11.9 Å². The Morgan fingerprint density at radius 3 is 2.33 bits per heavy atom. The monoisotopic (exact) mass is 270 g/mol. The van der Waals surface area contributed by atoms with Crippen LogP contribution in [0.15, 0.2) is 0 Å². The molecule has 1 aliphatic rings. The van der Waals surface area contributed by atoms with Crippen LogP contribution in [0.25, 0.3) is 0 Å². The first kappa shape index (κ1) is 14.7. The summed E-state index contributed by atoms with van der Waals surface area (Å²) in [6.45, 7) is 2.68. The standard InChI is InChI=1S/C10H13F3O5/c1-3-6(14)17-7-5-9(18-7,10(11,12)13)8(15)16-4-2/h7H,3-5H2,1-2H3. The molecule has 1 heterocycles. The summed E-state index contributed by atoms with van der Waals surface area (Å²) >= 11 is 0. The highest BCUT2D eigenvalue weighted by molar-refractivity contribution is 5.82. The van der Waals surface area contributed by atoms with Crippen LogP contribution in [0.5, 0.6) is 0 Å². The maximum atomic E-state index is 12.8. The van der Waals surface area contributed by atoms with Crippen LogP contribution in [0.4, 0.5) is 13.2 Å². The Bertz CT molecular complexity index is 333. The summed E-state index contributed by atoms with van der Waals surface area (Å²) in [7, 11) is 0. The van der Waals surface area contributed by atoms with Crippen molar-refractivity contribution in [2.24, 2.45) is 0 Å². The summed E-state index contributed by atoms with van der Waals surface area (Å²) in [6.07, 6.45) is -7.03. The molecule has 2 unspecified atom stereocenters. The molecule has 104 valence electrons. The van der Waals surface area contributed by atoms with Crippen molar-refractivity contribution < 1.29 is 37.0 Å². The smallest absolute Gasteiger partial charge is 0.428 e. The van der Waals surface area contributed by atoms with Gasteiger partial charge in [0.2, 0.25) is 6.29 Å². The number of alkyl halides is 3. The maximum absolute atomic E-state index is 12.8. The molecule has 18 heavy (non-hydrogen) atoms. The van der Waals surface area contributed by atoms with E-state index in [1.54, 1.807) is 0 Å². The second-order valence-corrected chi connectivity index (χ2v) is 3.64. The third-order valence-corrected chi connectivity index (χ3v) is 2.40. The quantitative estimate of drug-likeness (QED) is 0.725. The fourth-order valence-corrected chi connectivity index (χ4v) is 1.42. The van der Waals surface area contributed by atoms with E-state index in [4.69, 9.17) is 0 Å². The van der Waals surface area contributed by atoms with E-state index in [2.05, 4.69) is 14.2 Å². The Hall–Kier alpha value is -1.31. The van der Waals surface area contributed by atoms with Crippen LogP contribution in [0.2, 0.25) is 0 Å². The minimum absolute atomic E-state index is 0.0122. The van der Waals surface area contributed by atoms with Gasteiger partial charge in [-0.05, 0) is 6.92 Å². The first-order valence-corrected chi connectivity index (χ1v) is 5.38. The van der Waals surface area contributed by atoms with E-state index in [9.17, 15) is 22.8 Å². The average Bonchev–Trinajstić information content (AvgIpc) is 2.20. The molecule has 1 aliphatic heterocycles. The number of carbonyl (C=O) groups excluding carboxylic acids is 2. The highest BCUT2D eigenvalue weighted by atomic mass is 19.4. The third kappa shape index (κ3) is 2.58. The molecular weight excluding hydrogens is 257 g/mol. The van der Waals surface area contributed by atoms with E-state index in [-0.39, 0.29) is 13.0 Å². The van der Waals surface area contributed by atoms with Gasteiger partial charge in [0.25, 0.3) is 5.60 Å². The van der Waals surface area contributed by atoms with Gasteiger partial charge in [0.15, 0.2) is 0 Å². The van der Waals surface area contributed by atoms with Gasteiger partial charge >= 0.3 is 18.1 Å². The normalized spacial score (nSPS) is 27.3. The van der Waals surface area contributed by atoms with Crippen LogP contribution in [0.3, 0.4) is 0 Å². The SMILES string of the molecule is CCOC(=O)C1(C(F)(F)F)CC(OC(=O)CC)O1. The highest BCUT2D eigenvalue weighted by Crippen LogP contribution is 2.47. The lowest BCUT2D eigenvalue weighted by atomic mass is 9.92. The van der Waals surface area contributed by atoms with Gasteiger partial charge in [-0.1, -0.05) is 6.92 Å². The summed E-state index contributed by atoms with van der Waals surface area (Å²) in [6, 6.07) is 0. The Kier molecular flexibility index (Phi) is 4.20. The van der Waals surface area contributed by atoms with Crippen LogP contribution in [-0.4, -0.2) is 36.6 Å². The molecule has 1 rings (SSSR count). The number of esters is 2. The summed E-state index contributed by atoms with van der Waals surface area (Å²) < 4.78 is 51.6. The molecule has 2 atom stereocenters. The zero-order chi connectivity index (χ0) is 14.0. The first-order valence-electron chi connectivity index (χ1n) is 5.38. The van der Waals surface area contributed by atoms with E-state index in [0.717, 1.165) is 0 Å². The topological polar surface area (TPSA) is 61.8 Å². The molecule has 1 saturated heterocycles. The lowest BCUT2D eigenvalue weighted by Gasteiger charge is -2.44. The highest BCUT2D eigenvalue weighted by Gasteiger charge is 2.71. The van der Waals surface area contributed by atoms with E-state index in [1.807, 2.05) is 0 Å². The van der Waals surface area contributed by atoms with Crippen molar-refractivity contribution in [2.75, 3.05) is 6.61 Å². The largest absolute Gasteiger partial charge is 0.464 e. The predicted molar refractivity (Wildman–Crippen MR) is 51.3 cm³/mol. The van der Waals surface area contributed by atoms with Gasteiger partial charge in [-0.2, -0.15) is 13.2 Å². The van der Waals surface area contributed by atoms with Crippen molar-refractivity contribution in [3.05, 3.63) is 0 Å². The molecule has 0 spiro atoms. The Labute approximate surface area is 101 Å². The van der Waals surface area contributed by atoms with E-state index < -0.39 is 36.4 Å². The first-order chi connectivity index (χ1) is 8.26. The molecule has 0 bridgehead atoms. The lowest BCUT2D eigenvalue weighted by Crippen LogP contribution is -2.66. The molecule has 0 aliphatic carbocycles. The number of halogens is 3. The van der Waals surface area contributed by atoms with Crippen molar-refractivity contribution in [1.29, 1.82) is 0 Å². The van der Waals surface area contributed by atoms with Crippen LogP contribution < -0.4 is 0 Å². The minimum atomic E-state index is -4.91. The molecule has 0 amide bonds. The Morgan fingerprint density at radius 2 is 1.94 bits per heavy atom. The number of hydrogen-bond donors (Lipinski definition) is 0. The van der Waals surface area contributed by atoms with Crippen molar-refractivity contribution in [3.8, 4) is 0 Å². The fourth-order valence-electron chi connectivity index (χ4n) is 1.42. The van der Waals surface area contributed by atoms with Crippen molar-refractivity contribution in [1.82, 2.24) is 0 Å². The van der Waals surface area contributed by atoms with E-state index >= 15 is 0 Å². The molecule has 8 heteroatoms. The summed E-state index contributed by atoms with van der Waals surface area (Å²) in [4.78, 5) is 22.2. The number of ether oxygens (including phenoxy) is 3. The number of carbonyl (C=O) groups is 2. The van der Waals surface area contributed by atoms with Crippen LogP contribution >= 0.6 is 0 Å². The third-order valence-electron chi connectivity index (χ3n) is 2.40. The van der Waals surface area contributed by atoms with Crippen LogP contribution in [0, 0.1) is 0 Å². The molecule has 0 saturated carbocycles. The van der Waals surface area contributed by atoms with E-state index in [1.165, 1.54) is 13.8 Å². The van der Waals surface area contributed by atoms with Gasteiger partial charge in [-0.15, -0.1) is 0 Å². The van der Waals surface area contributed by atoms with Gasteiger partial charge in [0.1, 0.15) is 0 Å². The van der Waals surface area contributed by atoms with E-state index in [0.29, 0.717) is 0 Å². The molecule has 0 aromatic rings. The van der Waals surface area contributed by atoms with Gasteiger partial charge in [-0.25, -0.2) is 4.79 Å². The maximum Gasteiger partial charge on any atom is 0.428 e. The minimum Gasteiger partial charge on any atom is -0.464 e. The summed E-state index contributed by atoms with van der Waals surface area (Å²) in [5, 5.41) is 0. The molecule has 0 aromatic heterocycles. The second-order valence-electron chi connectivity index (χ2n) is 3.64. The van der Waals surface area contributed by atoms with Gasteiger partial charge in [-0.3, -0.25) is 4.79 Å². The number of rotatable bonds is 4.